The molecular formula is C19H27FN2O3. The van der Waals surface area contributed by atoms with Crippen molar-refractivity contribution < 1.29 is 19.1 Å². The van der Waals surface area contributed by atoms with Gasteiger partial charge in [-0.2, -0.15) is 0 Å². The quantitative estimate of drug-likeness (QED) is 0.842. The van der Waals surface area contributed by atoms with Gasteiger partial charge < -0.3 is 10.4 Å². The minimum absolute atomic E-state index is 0.00788. The lowest BCUT2D eigenvalue weighted by Gasteiger charge is -2.52. The third-order valence-corrected chi connectivity index (χ3v) is 5.21. The molecule has 0 aromatic heterocycles. The summed E-state index contributed by atoms with van der Waals surface area (Å²) in [5, 5.41) is 12.6. The number of anilines is 1. The average molecular weight is 350 g/mol. The van der Waals surface area contributed by atoms with Crippen molar-refractivity contribution in [2.75, 3.05) is 11.9 Å². The van der Waals surface area contributed by atoms with Gasteiger partial charge in [0.15, 0.2) is 0 Å². The van der Waals surface area contributed by atoms with Gasteiger partial charge in [-0.25, -0.2) is 9.18 Å². The molecule has 1 aromatic carbocycles. The Kier molecular flexibility index (Phi) is 5.11. The van der Waals surface area contributed by atoms with E-state index < -0.39 is 29.1 Å². The van der Waals surface area contributed by atoms with Crippen molar-refractivity contribution in [2.45, 2.75) is 59.2 Å². The minimum atomic E-state index is -1.47. The summed E-state index contributed by atoms with van der Waals surface area (Å²) in [7, 11) is 0. The van der Waals surface area contributed by atoms with E-state index in [0.717, 1.165) is 16.0 Å². The Hall–Kier alpha value is -2.11. The van der Waals surface area contributed by atoms with Crippen molar-refractivity contribution in [3.8, 4) is 0 Å². The molecule has 0 saturated carbocycles. The number of aryl methyl sites for hydroxylation is 2. The second-order valence-electron chi connectivity index (χ2n) is 7.86. The first-order valence-corrected chi connectivity index (χ1v) is 8.53. The van der Waals surface area contributed by atoms with Crippen LogP contribution >= 0.6 is 0 Å². The van der Waals surface area contributed by atoms with E-state index in [2.05, 4.69) is 5.32 Å². The van der Waals surface area contributed by atoms with Crippen LogP contribution < -0.4 is 5.32 Å². The Morgan fingerprint density at radius 1 is 1.28 bits per heavy atom. The number of hydrogen-bond donors (Lipinski definition) is 2. The minimum Gasteiger partial charge on any atom is -0.465 e. The largest absolute Gasteiger partial charge is 0.465 e. The number of alkyl halides is 1. The summed E-state index contributed by atoms with van der Waals surface area (Å²) < 4.78 is 14.3. The first-order valence-electron chi connectivity index (χ1n) is 8.53. The number of amides is 2. The summed E-state index contributed by atoms with van der Waals surface area (Å²) in [5.74, 6) is -0.470. The molecule has 2 rings (SSSR count). The van der Waals surface area contributed by atoms with Crippen molar-refractivity contribution in [1.29, 1.82) is 0 Å². The molecular weight excluding hydrogens is 323 g/mol. The van der Waals surface area contributed by atoms with Crippen LogP contribution in [-0.2, 0) is 4.79 Å². The van der Waals surface area contributed by atoms with E-state index in [1.165, 1.54) is 0 Å². The number of piperidine rings is 1. The molecule has 0 spiro atoms. The highest BCUT2D eigenvalue weighted by atomic mass is 19.1. The third-order valence-electron chi connectivity index (χ3n) is 5.21. The average Bonchev–Trinajstić information content (AvgIpc) is 2.49. The fourth-order valence-electron chi connectivity index (χ4n) is 3.75. The van der Waals surface area contributed by atoms with Crippen LogP contribution in [0.4, 0.5) is 14.9 Å². The molecule has 1 fully saturated rings. The van der Waals surface area contributed by atoms with Gasteiger partial charge in [0.25, 0.3) is 5.91 Å². The number of carboxylic acid groups (broad SMARTS) is 1. The number of nitrogens with zero attached hydrogens (tertiary/aromatic N) is 1. The molecule has 1 aliphatic rings. The van der Waals surface area contributed by atoms with Gasteiger partial charge in [0.1, 0.15) is 11.7 Å². The summed E-state index contributed by atoms with van der Waals surface area (Å²) in [5.41, 5.74) is 0.184. The van der Waals surface area contributed by atoms with Crippen molar-refractivity contribution >= 4 is 17.7 Å². The van der Waals surface area contributed by atoms with Crippen LogP contribution in [0.5, 0.6) is 0 Å². The van der Waals surface area contributed by atoms with Gasteiger partial charge in [-0.1, -0.05) is 39.0 Å². The lowest BCUT2D eigenvalue weighted by Crippen LogP contribution is -2.68. The van der Waals surface area contributed by atoms with Crippen molar-refractivity contribution in [1.82, 2.24) is 4.90 Å². The Bertz CT molecular complexity index is 663. The van der Waals surface area contributed by atoms with Crippen LogP contribution in [0.1, 0.15) is 44.7 Å². The number of halogens is 1. The zero-order valence-corrected chi connectivity index (χ0v) is 15.5. The maximum Gasteiger partial charge on any atom is 0.408 e. The number of hydrogen-bond acceptors (Lipinski definition) is 2. The van der Waals surface area contributed by atoms with Gasteiger partial charge in [0.2, 0.25) is 0 Å². The molecule has 25 heavy (non-hydrogen) atoms. The highest BCUT2D eigenvalue weighted by Gasteiger charge is 2.58. The Balaban J connectivity index is 2.52. The SMILES string of the molecule is Cc1cccc(C)c1NC(=O)[C@@]1(C(C)(C)C)C[C@@H](F)CCN1C(=O)O. The van der Waals surface area contributed by atoms with Gasteiger partial charge in [-0.05, 0) is 36.8 Å². The molecule has 0 radical (unpaired) electrons. The molecule has 1 aromatic rings. The summed E-state index contributed by atoms with van der Waals surface area (Å²) >= 11 is 0. The zero-order valence-electron chi connectivity index (χ0n) is 15.5. The molecule has 2 amide bonds. The fraction of sp³-hybridized carbons (Fsp3) is 0.579. The number of nitrogens with one attached hydrogen (secondary N) is 1. The summed E-state index contributed by atoms with van der Waals surface area (Å²) in [6.45, 7) is 9.11. The molecule has 1 heterocycles. The second kappa shape index (κ2) is 6.65. The number of rotatable bonds is 2. The molecule has 0 unspecified atom stereocenters. The maximum absolute atomic E-state index is 14.3. The van der Waals surface area contributed by atoms with E-state index in [1.807, 2.05) is 32.0 Å². The van der Waals surface area contributed by atoms with Gasteiger partial charge >= 0.3 is 6.09 Å². The van der Waals surface area contributed by atoms with Crippen LogP contribution in [0, 0.1) is 19.3 Å². The summed E-state index contributed by atoms with van der Waals surface area (Å²) in [6.07, 6.45) is -2.43. The van der Waals surface area contributed by atoms with E-state index >= 15 is 0 Å². The van der Waals surface area contributed by atoms with E-state index in [1.54, 1.807) is 20.8 Å². The predicted molar refractivity (Wildman–Crippen MR) is 95.6 cm³/mol. The Labute approximate surface area is 148 Å². The molecule has 1 aliphatic heterocycles. The van der Waals surface area contributed by atoms with Crippen LogP contribution in [0.15, 0.2) is 18.2 Å². The van der Waals surface area contributed by atoms with Crippen LogP contribution in [-0.4, -0.2) is 40.3 Å². The molecule has 0 aliphatic carbocycles. The van der Waals surface area contributed by atoms with E-state index in [9.17, 15) is 19.1 Å². The number of carbonyl (C=O) groups excluding carboxylic acids is 1. The standard InChI is InChI=1S/C19H27FN2O3/c1-12-7-6-8-13(2)15(12)21-16(23)19(18(3,4)5)11-14(20)9-10-22(19)17(24)25/h6-8,14H,9-11H2,1-5H3,(H,21,23)(H,24,25)/t14-,19+/m0/s1. The Morgan fingerprint density at radius 3 is 2.32 bits per heavy atom. The van der Waals surface area contributed by atoms with Crippen LogP contribution in [0.25, 0.3) is 0 Å². The lowest BCUT2D eigenvalue weighted by molar-refractivity contribution is -0.140. The van der Waals surface area contributed by atoms with Gasteiger partial charge in [0, 0.05) is 18.7 Å². The molecule has 2 N–H and O–H groups in total. The summed E-state index contributed by atoms with van der Waals surface area (Å²) in [6, 6.07) is 5.64. The van der Waals surface area contributed by atoms with Gasteiger partial charge in [-0.15, -0.1) is 0 Å². The van der Waals surface area contributed by atoms with Crippen LogP contribution in [0.3, 0.4) is 0 Å². The molecule has 1 saturated heterocycles. The third kappa shape index (κ3) is 3.34. The Morgan fingerprint density at radius 2 is 1.84 bits per heavy atom. The van der Waals surface area contributed by atoms with Crippen molar-refractivity contribution in [3.63, 3.8) is 0 Å². The maximum atomic E-state index is 14.3. The van der Waals surface area contributed by atoms with Gasteiger partial charge in [-0.3, -0.25) is 9.69 Å². The van der Waals surface area contributed by atoms with E-state index in [-0.39, 0.29) is 19.4 Å². The smallest absolute Gasteiger partial charge is 0.408 e. The lowest BCUT2D eigenvalue weighted by atomic mass is 9.66. The molecule has 6 heteroatoms. The van der Waals surface area contributed by atoms with E-state index in [4.69, 9.17) is 0 Å². The fourth-order valence-corrected chi connectivity index (χ4v) is 3.75. The second-order valence-corrected chi connectivity index (χ2v) is 7.86. The first-order chi connectivity index (χ1) is 11.5. The normalized spacial score (nSPS) is 24.1. The number of benzene rings is 1. The zero-order chi connectivity index (χ0) is 19.0. The monoisotopic (exact) mass is 350 g/mol. The highest BCUT2D eigenvalue weighted by molar-refractivity contribution is 6.01. The van der Waals surface area contributed by atoms with Crippen molar-refractivity contribution in [2.24, 2.45) is 5.41 Å². The molecule has 2 atom stereocenters. The number of carbonyl (C=O) groups is 2. The number of likely N-dealkylation sites (tertiary alicyclic amines) is 1. The summed E-state index contributed by atoms with van der Waals surface area (Å²) in [4.78, 5) is 26.3. The predicted octanol–water partition coefficient (Wildman–Crippen LogP) is 4.14. The molecule has 0 bridgehead atoms. The van der Waals surface area contributed by atoms with Gasteiger partial charge in [0.05, 0.1) is 0 Å². The topological polar surface area (TPSA) is 69.6 Å². The van der Waals surface area contributed by atoms with Crippen LogP contribution in [0.2, 0.25) is 0 Å². The number of para-hydroxylation sites is 1. The first kappa shape index (κ1) is 19.2. The van der Waals surface area contributed by atoms with E-state index in [0.29, 0.717) is 5.69 Å². The van der Waals surface area contributed by atoms with Crippen molar-refractivity contribution in [3.05, 3.63) is 29.3 Å². The highest BCUT2D eigenvalue weighted by Crippen LogP contribution is 2.44. The molecule has 5 nitrogen and oxygen atoms in total. The molecule has 138 valence electrons.